The zero-order valence-electron chi connectivity index (χ0n) is 21.9. The van der Waals surface area contributed by atoms with Gasteiger partial charge < -0.3 is 20.3 Å². The molecule has 1 atom stereocenters. The summed E-state index contributed by atoms with van der Waals surface area (Å²) >= 11 is 1.60. The molecule has 8 heteroatoms. The van der Waals surface area contributed by atoms with Crippen LogP contribution in [0.3, 0.4) is 0 Å². The smallest absolute Gasteiger partial charge is 0.234 e. The van der Waals surface area contributed by atoms with Crippen LogP contribution in [-0.2, 0) is 11.2 Å². The molecule has 1 amide bonds. The molecule has 0 fully saturated rings. The van der Waals surface area contributed by atoms with Gasteiger partial charge in [-0.3, -0.25) is 4.79 Å². The molecule has 1 unspecified atom stereocenters. The maximum atomic E-state index is 12.3. The number of likely N-dealkylation sites (N-methyl/N-ethyl adjacent to an activating group) is 1. The molecule has 1 heterocycles. The van der Waals surface area contributed by atoms with Gasteiger partial charge in [0.25, 0.3) is 0 Å². The average Bonchev–Trinajstić information content (AvgIpc) is 3.47. The van der Waals surface area contributed by atoms with Crippen molar-refractivity contribution in [2.75, 3.05) is 27.7 Å². The minimum Gasteiger partial charge on any atom is -0.491 e. The van der Waals surface area contributed by atoms with E-state index in [0.717, 1.165) is 45.3 Å². The molecule has 1 aliphatic rings. The van der Waals surface area contributed by atoms with Gasteiger partial charge in [-0.2, -0.15) is 0 Å². The second kappa shape index (κ2) is 12.5. The first kappa shape index (κ1) is 27.2. The maximum absolute atomic E-state index is 12.3. The number of amides is 1. The van der Waals surface area contributed by atoms with Crippen LogP contribution in [-0.4, -0.2) is 54.8 Å². The molecule has 190 valence electrons. The van der Waals surface area contributed by atoms with Crippen LogP contribution in [0.5, 0.6) is 5.75 Å². The Balaban J connectivity index is 0.000000840. The fourth-order valence-corrected chi connectivity index (χ4v) is 5.04. The van der Waals surface area contributed by atoms with E-state index >= 15 is 0 Å². The van der Waals surface area contributed by atoms with Crippen molar-refractivity contribution in [1.29, 1.82) is 0 Å². The molecule has 3 aromatic rings. The zero-order chi connectivity index (χ0) is 26.2. The molecular formula is C28H35N5O2S. The van der Waals surface area contributed by atoms with E-state index in [1.807, 2.05) is 51.0 Å². The highest BCUT2D eigenvalue weighted by atomic mass is 32.1. The summed E-state index contributed by atoms with van der Waals surface area (Å²) in [4.78, 5) is 14.1. The third kappa shape index (κ3) is 6.84. The van der Waals surface area contributed by atoms with E-state index < -0.39 is 0 Å². The van der Waals surface area contributed by atoms with E-state index in [-0.39, 0.29) is 18.1 Å². The van der Waals surface area contributed by atoms with Crippen molar-refractivity contribution < 1.29 is 9.53 Å². The van der Waals surface area contributed by atoms with Crippen molar-refractivity contribution in [3.8, 4) is 39.4 Å². The van der Waals surface area contributed by atoms with Crippen LogP contribution >= 0.6 is 11.3 Å². The van der Waals surface area contributed by atoms with Crippen LogP contribution in [0.15, 0.2) is 36.4 Å². The largest absolute Gasteiger partial charge is 0.491 e. The molecule has 0 spiro atoms. The summed E-state index contributed by atoms with van der Waals surface area (Å²) in [6, 6.07) is 14.7. The normalized spacial score (nSPS) is 14.0. The standard InChI is InChI=1S/C25H30N4O2S.C3H5N/c1-15(2)31-22-12-9-17(13-16(22)3)24-27-28-25(32-24)20-8-6-7-19-18(20)10-11-21(19)26-23(30)14-29(4)5;1-3-4-2/h6-9,12-13,15,21H,10-11,14H2,1-5H3,(H,26,30);1,4H,2H3. The lowest BCUT2D eigenvalue weighted by Crippen LogP contribution is -2.35. The number of nitrogens with one attached hydrogen (secondary N) is 2. The van der Waals surface area contributed by atoms with Gasteiger partial charge >= 0.3 is 0 Å². The topological polar surface area (TPSA) is 79.4 Å². The van der Waals surface area contributed by atoms with Gasteiger partial charge in [-0.15, -0.1) is 10.2 Å². The predicted molar refractivity (Wildman–Crippen MR) is 147 cm³/mol. The summed E-state index contributed by atoms with van der Waals surface area (Å²) in [6.45, 7) is 6.51. The number of hydrogen-bond donors (Lipinski definition) is 2. The number of ether oxygens (including phenoxy) is 1. The third-order valence-electron chi connectivity index (χ3n) is 5.65. The number of rotatable bonds is 7. The Morgan fingerprint density at radius 1 is 1.25 bits per heavy atom. The van der Waals surface area contributed by atoms with Gasteiger partial charge in [-0.05, 0) is 82.6 Å². The Morgan fingerprint density at radius 3 is 2.61 bits per heavy atom. The Morgan fingerprint density at radius 2 is 1.97 bits per heavy atom. The zero-order valence-corrected chi connectivity index (χ0v) is 22.7. The van der Waals surface area contributed by atoms with Crippen molar-refractivity contribution in [1.82, 2.24) is 25.7 Å². The fourth-order valence-electron chi connectivity index (χ4n) is 4.15. The van der Waals surface area contributed by atoms with Crippen LogP contribution in [0.4, 0.5) is 0 Å². The Bertz CT molecular complexity index is 1230. The van der Waals surface area contributed by atoms with E-state index in [4.69, 9.17) is 4.74 Å². The number of benzene rings is 2. The molecule has 36 heavy (non-hydrogen) atoms. The third-order valence-corrected chi connectivity index (χ3v) is 6.66. The minimum absolute atomic E-state index is 0.0525. The first-order chi connectivity index (χ1) is 17.2. The first-order valence-corrected chi connectivity index (χ1v) is 12.8. The second-order valence-corrected chi connectivity index (χ2v) is 10.2. The number of carbonyl (C=O) groups is 1. The average molecular weight is 506 g/mol. The van der Waals surface area contributed by atoms with Crippen LogP contribution < -0.4 is 15.4 Å². The summed E-state index contributed by atoms with van der Waals surface area (Å²) in [7, 11) is 5.50. The molecule has 2 aromatic carbocycles. The number of carbonyl (C=O) groups excluding carboxylic acids is 1. The summed E-state index contributed by atoms with van der Waals surface area (Å²) < 4.78 is 5.85. The molecule has 0 bridgehead atoms. The lowest BCUT2D eigenvalue weighted by Gasteiger charge is -2.16. The van der Waals surface area contributed by atoms with Gasteiger partial charge in [0.05, 0.1) is 18.7 Å². The lowest BCUT2D eigenvalue weighted by atomic mass is 10.0. The fraction of sp³-hybridized carbons (Fsp3) is 0.393. The van der Waals surface area contributed by atoms with Gasteiger partial charge in [-0.25, -0.2) is 0 Å². The molecule has 1 aromatic heterocycles. The molecular weight excluding hydrogens is 470 g/mol. The van der Waals surface area contributed by atoms with Crippen LogP contribution in [0.25, 0.3) is 21.1 Å². The van der Waals surface area contributed by atoms with Gasteiger partial charge in [0.1, 0.15) is 15.8 Å². The van der Waals surface area contributed by atoms with Crippen molar-refractivity contribution >= 4 is 17.2 Å². The quantitative estimate of drug-likeness (QED) is 0.365. The monoisotopic (exact) mass is 505 g/mol. The van der Waals surface area contributed by atoms with E-state index in [1.54, 1.807) is 18.4 Å². The Kier molecular flexibility index (Phi) is 9.45. The molecule has 4 rings (SSSR count). The summed E-state index contributed by atoms with van der Waals surface area (Å²) in [5.41, 5.74) is 5.71. The maximum Gasteiger partial charge on any atom is 0.234 e. The SMILES string of the molecule is C#CNC.Cc1cc(-c2nnc(-c3cccc4c3CCC4NC(=O)CN(C)C)s2)ccc1OC(C)C. The Hall–Kier alpha value is -3.41. The molecule has 0 radical (unpaired) electrons. The number of fused-ring (bicyclic) bond motifs is 1. The number of nitrogens with zero attached hydrogens (tertiary/aromatic N) is 3. The number of aryl methyl sites for hydroxylation is 1. The molecule has 0 saturated heterocycles. The molecule has 1 aliphatic carbocycles. The van der Waals surface area contributed by atoms with Gasteiger partial charge in [0.15, 0.2) is 0 Å². The summed E-state index contributed by atoms with van der Waals surface area (Å²) in [5, 5.41) is 16.4. The van der Waals surface area contributed by atoms with Crippen LogP contribution in [0, 0.1) is 19.4 Å². The molecule has 0 saturated carbocycles. The van der Waals surface area contributed by atoms with E-state index in [0.29, 0.717) is 6.54 Å². The highest BCUT2D eigenvalue weighted by molar-refractivity contribution is 7.17. The van der Waals surface area contributed by atoms with Crippen molar-refractivity contribution in [2.45, 2.75) is 45.8 Å². The Labute approximate surface area is 218 Å². The molecule has 7 nitrogen and oxygen atoms in total. The van der Waals surface area contributed by atoms with Crippen LogP contribution in [0.2, 0.25) is 0 Å². The number of hydrogen-bond acceptors (Lipinski definition) is 7. The highest BCUT2D eigenvalue weighted by Gasteiger charge is 2.27. The van der Waals surface area contributed by atoms with E-state index in [1.165, 1.54) is 11.1 Å². The first-order valence-electron chi connectivity index (χ1n) is 12.0. The van der Waals surface area contributed by atoms with Crippen molar-refractivity contribution in [3.63, 3.8) is 0 Å². The van der Waals surface area contributed by atoms with E-state index in [9.17, 15) is 4.79 Å². The van der Waals surface area contributed by atoms with E-state index in [2.05, 4.69) is 58.4 Å². The second-order valence-electron chi connectivity index (χ2n) is 9.22. The van der Waals surface area contributed by atoms with Gasteiger partial charge in [-0.1, -0.05) is 36.0 Å². The molecule has 0 aliphatic heterocycles. The number of terminal acetylenes is 1. The number of aromatic nitrogens is 2. The minimum atomic E-state index is 0.0525. The lowest BCUT2D eigenvalue weighted by molar-refractivity contribution is -0.122. The van der Waals surface area contributed by atoms with Crippen molar-refractivity contribution in [2.24, 2.45) is 0 Å². The summed E-state index contributed by atoms with van der Waals surface area (Å²) in [6.07, 6.45) is 6.64. The summed E-state index contributed by atoms with van der Waals surface area (Å²) in [5.74, 6) is 0.952. The molecule has 2 N–H and O–H groups in total. The van der Waals surface area contributed by atoms with Crippen LogP contribution in [0.1, 0.15) is 43.0 Å². The van der Waals surface area contributed by atoms with Gasteiger partial charge in [0.2, 0.25) is 5.91 Å². The van der Waals surface area contributed by atoms with Gasteiger partial charge in [0, 0.05) is 24.2 Å². The van der Waals surface area contributed by atoms with Crippen molar-refractivity contribution in [3.05, 3.63) is 53.1 Å². The highest BCUT2D eigenvalue weighted by Crippen LogP contribution is 2.40. The predicted octanol–water partition coefficient (Wildman–Crippen LogP) is 4.43.